The average molecular weight is 269 g/mol. The fourth-order valence-electron chi connectivity index (χ4n) is 2.30. The minimum Gasteiger partial charge on any atom is -0.389 e. The van der Waals surface area contributed by atoms with Gasteiger partial charge in [-0.25, -0.2) is 0 Å². The first kappa shape index (κ1) is 14.4. The number of aromatic nitrogens is 2. The van der Waals surface area contributed by atoms with Gasteiger partial charge in [0.1, 0.15) is 0 Å². The number of aryl methyl sites for hydroxylation is 1. The van der Waals surface area contributed by atoms with Crippen molar-refractivity contribution in [3.63, 3.8) is 0 Å². The van der Waals surface area contributed by atoms with Crippen molar-refractivity contribution >= 4 is 0 Å². The second-order valence-electron chi connectivity index (χ2n) is 5.11. The molecule has 2 rings (SSSR count). The van der Waals surface area contributed by atoms with E-state index in [1.807, 2.05) is 0 Å². The van der Waals surface area contributed by atoms with Crippen LogP contribution in [-0.2, 0) is 11.3 Å². The quantitative estimate of drug-likeness (QED) is 0.773. The molecular formula is C13H23N3O3. The lowest BCUT2D eigenvalue weighted by atomic mass is 9.98. The number of ether oxygens (including phenoxy) is 1. The van der Waals surface area contributed by atoms with Crippen molar-refractivity contribution in [3.8, 4) is 0 Å². The molecule has 0 saturated heterocycles. The fraction of sp³-hybridized carbons (Fsp3) is 0.846. The Morgan fingerprint density at radius 1 is 1.42 bits per heavy atom. The van der Waals surface area contributed by atoms with Crippen molar-refractivity contribution in [2.24, 2.45) is 0 Å². The Labute approximate surface area is 113 Å². The van der Waals surface area contributed by atoms with E-state index in [-0.39, 0.29) is 0 Å². The molecule has 1 saturated carbocycles. The molecule has 1 aromatic rings. The van der Waals surface area contributed by atoms with Crippen molar-refractivity contribution in [3.05, 3.63) is 11.7 Å². The molecule has 6 nitrogen and oxygen atoms in total. The van der Waals surface area contributed by atoms with Gasteiger partial charge >= 0.3 is 0 Å². The Morgan fingerprint density at radius 3 is 2.89 bits per heavy atom. The first-order chi connectivity index (χ1) is 9.24. The van der Waals surface area contributed by atoms with E-state index in [4.69, 9.17) is 9.26 Å². The van der Waals surface area contributed by atoms with E-state index in [2.05, 4.69) is 15.5 Å². The van der Waals surface area contributed by atoms with Gasteiger partial charge in [-0.15, -0.1) is 0 Å². The normalized spacial score (nSPS) is 18.6. The number of hydrogen-bond donors (Lipinski definition) is 2. The summed E-state index contributed by atoms with van der Waals surface area (Å²) in [5.41, 5.74) is 0. The number of aliphatic hydroxyl groups is 1. The maximum Gasteiger partial charge on any atom is 0.223 e. The summed E-state index contributed by atoms with van der Waals surface area (Å²) in [4.78, 5) is 4.07. The molecule has 19 heavy (non-hydrogen) atoms. The van der Waals surface area contributed by atoms with Gasteiger partial charge in [0.2, 0.25) is 5.89 Å². The van der Waals surface area contributed by atoms with Crippen LogP contribution < -0.4 is 5.32 Å². The lowest BCUT2D eigenvalue weighted by Gasteiger charge is -2.23. The van der Waals surface area contributed by atoms with E-state index < -0.39 is 6.10 Å². The molecule has 6 heteroatoms. The lowest BCUT2D eigenvalue weighted by Crippen LogP contribution is -2.32. The van der Waals surface area contributed by atoms with E-state index >= 15 is 0 Å². The Kier molecular flexibility index (Phi) is 5.75. The van der Waals surface area contributed by atoms with Crippen molar-refractivity contribution in [2.45, 2.75) is 57.8 Å². The largest absolute Gasteiger partial charge is 0.389 e. The van der Waals surface area contributed by atoms with Crippen LogP contribution in [-0.4, -0.2) is 40.6 Å². The number of hydrogen-bond acceptors (Lipinski definition) is 6. The molecule has 1 aromatic heterocycles. The first-order valence-corrected chi connectivity index (χ1v) is 7.03. The zero-order chi connectivity index (χ0) is 13.5. The Hall–Kier alpha value is -0.980. The molecule has 0 amide bonds. The highest BCUT2D eigenvalue weighted by Crippen LogP contribution is 2.20. The van der Waals surface area contributed by atoms with Gasteiger partial charge in [-0.2, -0.15) is 4.98 Å². The van der Waals surface area contributed by atoms with E-state index in [9.17, 15) is 5.11 Å². The standard InChI is InChI=1S/C13H23N3O3/c1-10-15-13(16-19-10)8-14-7-11(17)9-18-12-5-3-2-4-6-12/h11-12,14,17H,2-9H2,1H3. The zero-order valence-electron chi connectivity index (χ0n) is 11.5. The van der Waals surface area contributed by atoms with Gasteiger partial charge in [-0.3, -0.25) is 0 Å². The van der Waals surface area contributed by atoms with Crippen LogP contribution in [0.1, 0.15) is 43.8 Å². The summed E-state index contributed by atoms with van der Waals surface area (Å²) in [5, 5.41) is 16.7. The molecular weight excluding hydrogens is 246 g/mol. The Balaban J connectivity index is 1.55. The molecule has 1 fully saturated rings. The van der Waals surface area contributed by atoms with Crippen molar-refractivity contribution in [1.29, 1.82) is 0 Å². The summed E-state index contributed by atoms with van der Waals surface area (Å²) in [6.07, 6.45) is 5.91. The third-order valence-corrected chi connectivity index (χ3v) is 3.31. The molecule has 1 atom stereocenters. The summed E-state index contributed by atoms with van der Waals surface area (Å²) >= 11 is 0. The van der Waals surface area contributed by atoms with Gasteiger partial charge in [0.05, 0.1) is 25.4 Å². The minimum atomic E-state index is -0.491. The van der Waals surface area contributed by atoms with Crippen LogP contribution in [0.3, 0.4) is 0 Å². The molecule has 0 spiro atoms. The third kappa shape index (κ3) is 5.26. The molecule has 0 aromatic carbocycles. The molecule has 0 bridgehead atoms. The van der Waals surface area contributed by atoms with E-state index in [1.165, 1.54) is 19.3 Å². The van der Waals surface area contributed by atoms with Crippen LogP contribution in [0.5, 0.6) is 0 Å². The van der Waals surface area contributed by atoms with Gasteiger partial charge in [-0.1, -0.05) is 24.4 Å². The molecule has 0 radical (unpaired) electrons. The van der Waals surface area contributed by atoms with Gasteiger partial charge in [-0.05, 0) is 12.8 Å². The van der Waals surface area contributed by atoms with Crippen LogP contribution in [0.4, 0.5) is 0 Å². The van der Waals surface area contributed by atoms with Gasteiger partial charge in [0, 0.05) is 13.5 Å². The molecule has 1 heterocycles. The lowest BCUT2D eigenvalue weighted by molar-refractivity contribution is -0.0230. The van der Waals surface area contributed by atoms with Crippen LogP contribution in [0.25, 0.3) is 0 Å². The van der Waals surface area contributed by atoms with Crippen molar-refractivity contribution in [2.75, 3.05) is 13.2 Å². The third-order valence-electron chi connectivity index (χ3n) is 3.31. The summed E-state index contributed by atoms with van der Waals surface area (Å²) in [7, 11) is 0. The summed E-state index contributed by atoms with van der Waals surface area (Å²) in [6.45, 7) is 3.12. The SMILES string of the molecule is Cc1nc(CNCC(O)COC2CCCCC2)no1. The van der Waals surface area contributed by atoms with E-state index in [1.54, 1.807) is 6.92 Å². The highest BCUT2D eigenvalue weighted by molar-refractivity contribution is 4.83. The topological polar surface area (TPSA) is 80.4 Å². The second kappa shape index (κ2) is 7.57. The van der Waals surface area contributed by atoms with Crippen LogP contribution in [0.2, 0.25) is 0 Å². The van der Waals surface area contributed by atoms with E-state index in [0.717, 1.165) is 12.8 Å². The Morgan fingerprint density at radius 2 is 2.21 bits per heavy atom. The van der Waals surface area contributed by atoms with E-state index in [0.29, 0.717) is 37.5 Å². The maximum atomic E-state index is 9.81. The smallest absolute Gasteiger partial charge is 0.223 e. The molecule has 1 aliphatic rings. The average Bonchev–Trinajstić information content (AvgIpc) is 2.83. The summed E-state index contributed by atoms with van der Waals surface area (Å²) in [6, 6.07) is 0. The number of aliphatic hydroxyl groups excluding tert-OH is 1. The van der Waals surface area contributed by atoms with Crippen LogP contribution in [0.15, 0.2) is 4.52 Å². The summed E-state index contributed by atoms with van der Waals surface area (Å²) in [5.74, 6) is 1.16. The summed E-state index contributed by atoms with van der Waals surface area (Å²) < 4.78 is 10.6. The highest BCUT2D eigenvalue weighted by Gasteiger charge is 2.15. The maximum absolute atomic E-state index is 9.81. The van der Waals surface area contributed by atoms with Crippen molar-refractivity contribution in [1.82, 2.24) is 15.5 Å². The van der Waals surface area contributed by atoms with Gasteiger partial charge < -0.3 is 19.7 Å². The molecule has 1 aliphatic carbocycles. The van der Waals surface area contributed by atoms with Gasteiger partial charge in [0.25, 0.3) is 0 Å². The monoisotopic (exact) mass is 269 g/mol. The number of nitrogens with zero attached hydrogens (tertiary/aromatic N) is 2. The molecule has 1 unspecified atom stereocenters. The minimum absolute atomic E-state index is 0.336. The van der Waals surface area contributed by atoms with Crippen LogP contribution in [0, 0.1) is 6.92 Å². The van der Waals surface area contributed by atoms with Crippen molar-refractivity contribution < 1.29 is 14.4 Å². The Bertz CT molecular complexity index is 364. The van der Waals surface area contributed by atoms with Gasteiger partial charge in [0.15, 0.2) is 5.82 Å². The first-order valence-electron chi connectivity index (χ1n) is 7.03. The molecule has 108 valence electrons. The zero-order valence-corrected chi connectivity index (χ0v) is 11.5. The molecule has 0 aliphatic heterocycles. The predicted molar refractivity (Wildman–Crippen MR) is 69.6 cm³/mol. The fourth-order valence-corrected chi connectivity index (χ4v) is 2.30. The number of rotatable bonds is 7. The van der Waals surface area contributed by atoms with Crippen LogP contribution >= 0.6 is 0 Å². The molecule has 2 N–H and O–H groups in total. The predicted octanol–water partition coefficient (Wildman–Crippen LogP) is 1.18. The highest BCUT2D eigenvalue weighted by atomic mass is 16.5. The number of nitrogens with one attached hydrogen (secondary N) is 1. The second-order valence-corrected chi connectivity index (χ2v) is 5.11.